The molecule has 1 aliphatic rings. The second-order valence-electron chi connectivity index (χ2n) is 5.24. The summed E-state index contributed by atoms with van der Waals surface area (Å²) in [5.74, 6) is -0.731. The summed E-state index contributed by atoms with van der Waals surface area (Å²) in [4.78, 5) is -0.138. The quantitative estimate of drug-likeness (QED) is 0.919. The number of likely N-dealkylation sites (N-methyl/N-ethyl adjacent to an activating group) is 1. The molecule has 5 nitrogen and oxygen atoms in total. The summed E-state index contributed by atoms with van der Waals surface area (Å²) < 4.78 is 44.7. The van der Waals surface area contributed by atoms with E-state index in [1.54, 1.807) is 0 Å². The molecule has 0 unspecified atom stereocenters. The smallest absolute Gasteiger partial charge is 0.243 e. The van der Waals surface area contributed by atoms with Gasteiger partial charge in [-0.3, -0.25) is 0 Å². The molecule has 1 aromatic rings. The predicted octanol–water partition coefficient (Wildman–Crippen LogP) is 1.76. The normalized spacial score (nSPS) is 23.3. The highest BCUT2D eigenvalue weighted by Crippen LogP contribution is 2.28. The third-order valence-corrected chi connectivity index (χ3v) is 5.84. The molecule has 0 bridgehead atoms. The highest BCUT2D eigenvalue weighted by atomic mass is 32.2. The van der Waals surface area contributed by atoms with Crippen LogP contribution in [0, 0.1) is 5.82 Å². The molecular weight excluding hydrogens is 297 g/mol. The van der Waals surface area contributed by atoms with E-state index in [0.717, 1.165) is 23.2 Å². The van der Waals surface area contributed by atoms with E-state index in [4.69, 9.17) is 4.74 Å². The maximum atomic E-state index is 13.7. The molecule has 1 saturated carbocycles. The molecule has 2 atom stereocenters. The molecule has 0 radical (unpaired) electrons. The summed E-state index contributed by atoms with van der Waals surface area (Å²) in [6.45, 7) is 0. The number of halogens is 1. The van der Waals surface area contributed by atoms with Crippen LogP contribution in [0.1, 0.15) is 25.7 Å². The zero-order chi connectivity index (χ0) is 15.6. The van der Waals surface area contributed by atoms with Crippen LogP contribution in [0.15, 0.2) is 23.1 Å². The number of ether oxygens (including phenoxy) is 1. The Balaban J connectivity index is 2.30. The van der Waals surface area contributed by atoms with Gasteiger partial charge in [0.25, 0.3) is 0 Å². The first kappa shape index (κ1) is 16.2. The summed E-state index contributed by atoms with van der Waals surface area (Å²) in [6.07, 6.45) is 2.28. The minimum absolute atomic E-state index is 0.00527. The Morgan fingerprint density at radius 2 is 2.00 bits per heavy atom. The van der Waals surface area contributed by atoms with E-state index >= 15 is 0 Å². The third kappa shape index (κ3) is 3.20. The first-order chi connectivity index (χ1) is 9.87. The van der Waals surface area contributed by atoms with Crippen molar-refractivity contribution in [3.05, 3.63) is 24.0 Å². The number of rotatable bonds is 4. The molecule has 1 fully saturated rings. The molecule has 0 aliphatic heterocycles. The van der Waals surface area contributed by atoms with Crippen LogP contribution >= 0.6 is 0 Å². The van der Waals surface area contributed by atoms with Crippen molar-refractivity contribution >= 4 is 10.0 Å². The lowest BCUT2D eigenvalue weighted by atomic mass is 9.93. The molecule has 0 saturated heterocycles. The monoisotopic (exact) mass is 317 g/mol. The van der Waals surface area contributed by atoms with Gasteiger partial charge in [-0.05, 0) is 31.0 Å². The standard InChI is InChI=1S/C14H20FNO4S/c1-16(12-5-3-4-6-13(12)17)21(18,19)10-7-8-14(20-2)11(15)9-10/h7-9,12-13,17H,3-6H2,1-2H3/t12-,13+/m0/s1. The van der Waals surface area contributed by atoms with E-state index < -0.39 is 28.0 Å². The summed E-state index contributed by atoms with van der Waals surface area (Å²) in [6, 6.07) is 3.07. The van der Waals surface area contributed by atoms with Crippen LogP contribution in [-0.2, 0) is 10.0 Å². The van der Waals surface area contributed by atoms with Crippen molar-refractivity contribution in [2.75, 3.05) is 14.2 Å². The van der Waals surface area contributed by atoms with Gasteiger partial charge in [-0.1, -0.05) is 12.8 Å². The summed E-state index contributed by atoms with van der Waals surface area (Å²) in [7, 11) is -1.10. The van der Waals surface area contributed by atoms with Crippen molar-refractivity contribution in [1.82, 2.24) is 4.31 Å². The topological polar surface area (TPSA) is 66.8 Å². The number of methoxy groups -OCH3 is 1. The first-order valence-electron chi connectivity index (χ1n) is 6.87. The number of nitrogens with zero attached hydrogens (tertiary/aromatic N) is 1. The molecule has 1 N–H and O–H groups in total. The van der Waals surface area contributed by atoms with Crippen LogP contribution in [0.25, 0.3) is 0 Å². The van der Waals surface area contributed by atoms with Gasteiger partial charge < -0.3 is 9.84 Å². The second kappa shape index (κ2) is 6.29. The lowest BCUT2D eigenvalue weighted by Crippen LogP contribution is -2.46. The summed E-state index contributed by atoms with van der Waals surface area (Å²) in [5.41, 5.74) is 0. The van der Waals surface area contributed by atoms with Crippen molar-refractivity contribution in [3.63, 3.8) is 0 Å². The van der Waals surface area contributed by atoms with Crippen molar-refractivity contribution in [2.24, 2.45) is 0 Å². The minimum atomic E-state index is -3.84. The van der Waals surface area contributed by atoms with E-state index in [0.29, 0.717) is 12.8 Å². The Morgan fingerprint density at radius 1 is 1.33 bits per heavy atom. The minimum Gasteiger partial charge on any atom is -0.494 e. The number of aliphatic hydroxyl groups excluding tert-OH is 1. The molecule has 1 aromatic carbocycles. The predicted molar refractivity (Wildman–Crippen MR) is 76.2 cm³/mol. The molecule has 1 aliphatic carbocycles. The van der Waals surface area contributed by atoms with Gasteiger partial charge in [-0.15, -0.1) is 0 Å². The van der Waals surface area contributed by atoms with E-state index in [9.17, 15) is 17.9 Å². The zero-order valence-electron chi connectivity index (χ0n) is 12.1. The molecule has 118 valence electrons. The van der Waals surface area contributed by atoms with Gasteiger partial charge in [-0.2, -0.15) is 4.31 Å². The Kier molecular flexibility index (Phi) is 4.85. The van der Waals surface area contributed by atoms with Gasteiger partial charge in [0.1, 0.15) is 0 Å². The van der Waals surface area contributed by atoms with Crippen LogP contribution in [0.2, 0.25) is 0 Å². The number of aliphatic hydroxyl groups is 1. The maximum Gasteiger partial charge on any atom is 0.243 e. The molecule has 2 rings (SSSR count). The maximum absolute atomic E-state index is 13.7. The first-order valence-corrected chi connectivity index (χ1v) is 8.31. The average Bonchev–Trinajstić information content (AvgIpc) is 2.47. The molecular formula is C14H20FNO4S. The highest BCUT2D eigenvalue weighted by Gasteiger charge is 2.34. The number of sulfonamides is 1. The van der Waals surface area contributed by atoms with Crippen LogP contribution in [0.3, 0.4) is 0 Å². The Hall–Kier alpha value is -1.18. The number of benzene rings is 1. The molecule has 21 heavy (non-hydrogen) atoms. The summed E-state index contributed by atoms with van der Waals surface area (Å²) in [5, 5.41) is 9.99. The van der Waals surface area contributed by atoms with Crippen molar-refractivity contribution in [3.8, 4) is 5.75 Å². The Labute approximate surface area is 124 Å². The highest BCUT2D eigenvalue weighted by molar-refractivity contribution is 7.89. The molecule has 7 heteroatoms. The fraction of sp³-hybridized carbons (Fsp3) is 0.571. The van der Waals surface area contributed by atoms with Gasteiger partial charge in [0.15, 0.2) is 11.6 Å². The summed E-state index contributed by atoms with van der Waals surface area (Å²) >= 11 is 0. The molecule has 0 heterocycles. The van der Waals surface area contributed by atoms with E-state index in [2.05, 4.69) is 0 Å². The van der Waals surface area contributed by atoms with Gasteiger partial charge >= 0.3 is 0 Å². The van der Waals surface area contributed by atoms with E-state index in [1.807, 2.05) is 0 Å². The lowest BCUT2D eigenvalue weighted by molar-refractivity contribution is 0.0638. The lowest BCUT2D eigenvalue weighted by Gasteiger charge is -2.34. The zero-order valence-corrected chi connectivity index (χ0v) is 12.9. The number of hydrogen-bond acceptors (Lipinski definition) is 4. The fourth-order valence-corrected chi connectivity index (χ4v) is 4.10. The van der Waals surface area contributed by atoms with Crippen molar-refractivity contribution in [1.29, 1.82) is 0 Å². The van der Waals surface area contributed by atoms with Crippen LogP contribution in [0.5, 0.6) is 5.75 Å². The molecule has 0 aromatic heterocycles. The SMILES string of the molecule is COc1ccc(S(=O)(=O)N(C)[C@H]2CCCC[C@H]2O)cc1F. The van der Waals surface area contributed by atoms with Crippen LogP contribution in [0.4, 0.5) is 4.39 Å². The van der Waals surface area contributed by atoms with Gasteiger partial charge in [0, 0.05) is 7.05 Å². The van der Waals surface area contributed by atoms with Crippen LogP contribution < -0.4 is 4.74 Å². The van der Waals surface area contributed by atoms with Crippen molar-refractivity contribution < 1.29 is 22.7 Å². The van der Waals surface area contributed by atoms with E-state index in [-0.39, 0.29) is 10.6 Å². The Bertz CT molecular complexity index is 605. The largest absolute Gasteiger partial charge is 0.494 e. The third-order valence-electron chi connectivity index (χ3n) is 3.96. The average molecular weight is 317 g/mol. The van der Waals surface area contributed by atoms with E-state index in [1.165, 1.54) is 26.3 Å². The second-order valence-corrected chi connectivity index (χ2v) is 7.23. The van der Waals surface area contributed by atoms with Gasteiger partial charge in [0.2, 0.25) is 10.0 Å². The molecule has 0 spiro atoms. The number of hydrogen-bond donors (Lipinski definition) is 1. The van der Waals surface area contributed by atoms with Crippen LogP contribution in [-0.4, -0.2) is 44.1 Å². The van der Waals surface area contributed by atoms with Gasteiger partial charge in [0.05, 0.1) is 24.2 Å². The molecule has 0 amide bonds. The van der Waals surface area contributed by atoms with Gasteiger partial charge in [-0.25, -0.2) is 12.8 Å². The van der Waals surface area contributed by atoms with Crippen molar-refractivity contribution in [2.45, 2.75) is 42.7 Å². The Morgan fingerprint density at radius 3 is 2.57 bits per heavy atom. The fourth-order valence-electron chi connectivity index (χ4n) is 2.67.